The quantitative estimate of drug-likeness (QED) is 0.402. The Morgan fingerprint density at radius 1 is 0.882 bits per heavy atom. The summed E-state index contributed by atoms with van der Waals surface area (Å²) in [5.41, 5.74) is 5.58. The third-order valence-electron chi connectivity index (χ3n) is 5.89. The number of nitriles is 1. The van der Waals surface area contributed by atoms with Crippen LogP contribution in [0.3, 0.4) is 0 Å². The molecule has 1 saturated heterocycles. The average molecular weight is 449 g/mol. The fourth-order valence-electron chi connectivity index (χ4n) is 4.04. The van der Waals surface area contributed by atoms with E-state index in [0.29, 0.717) is 30.9 Å². The molecule has 6 nitrogen and oxygen atoms in total. The van der Waals surface area contributed by atoms with Crippen LogP contribution >= 0.6 is 0 Å². The van der Waals surface area contributed by atoms with E-state index in [1.807, 2.05) is 36.4 Å². The van der Waals surface area contributed by atoms with Gasteiger partial charge in [-0.25, -0.2) is 9.97 Å². The maximum Gasteiger partial charge on any atom is 0.137 e. The van der Waals surface area contributed by atoms with Crippen LogP contribution in [0.1, 0.15) is 29.8 Å². The van der Waals surface area contributed by atoms with Crippen LogP contribution in [0.4, 0.5) is 0 Å². The summed E-state index contributed by atoms with van der Waals surface area (Å²) < 4.78 is 11.5. The number of ether oxygens (including phenoxy) is 2. The van der Waals surface area contributed by atoms with Crippen molar-refractivity contribution in [2.75, 3.05) is 13.2 Å². The van der Waals surface area contributed by atoms with Gasteiger partial charge in [0.15, 0.2) is 0 Å². The Morgan fingerprint density at radius 2 is 1.62 bits per heavy atom. The number of pyridine rings is 1. The monoisotopic (exact) mass is 448 g/mol. The van der Waals surface area contributed by atoms with E-state index in [9.17, 15) is 5.26 Å². The van der Waals surface area contributed by atoms with Gasteiger partial charge in [0, 0.05) is 43.4 Å². The SMILES string of the molecule is N#Cc1cc(-c2ccnc(Cc3ccc(-c4ccncc4)cc3)n2)ccc1OC1CCOCC1. The third-order valence-corrected chi connectivity index (χ3v) is 5.89. The van der Waals surface area contributed by atoms with Gasteiger partial charge in [0.25, 0.3) is 0 Å². The number of nitrogens with zero attached hydrogens (tertiary/aromatic N) is 4. The average Bonchev–Trinajstić information content (AvgIpc) is 2.91. The summed E-state index contributed by atoms with van der Waals surface area (Å²) >= 11 is 0. The topological polar surface area (TPSA) is 80.9 Å². The van der Waals surface area contributed by atoms with Crippen molar-refractivity contribution in [2.24, 2.45) is 0 Å². The minimum atomic E-state index is 0.0855. The van der Waals surface area contributed by atoms with E-state index in [0.717, 1.165) is 46.6 Å². The van der Waals surface area contributed by atoms with E-state index < -0.39 is 0 Å². The molecule has 1 fully saturated rings. The molecule has 0 aliphatic carbocycles. The van der Waals surface area contributed by atoms with Crippen molar-refractivity contribution in [3.63, 3.8) is 0 Å². The van der Waals surface area contributed by atoms with Crippen molar-refractivity contribution < 1.29 is 9.47 Å². The first-order valence-electron chi connectivity index (χ1n) is 11.4. The van der Waals surface area contributed by atoms with E-state index in [1.165, 1.54) is 0 Å². The Labute approximate surface area is 198 Å². The van der Waals surface area contributed by atoms with Crippen LogP contribution in [-0.2, 0) is 11.2 Å². The van der Waals surface area contributed by atoms with Gasteiger partial charge >= 0.3 is 0 Å². The standard InChI is InChI=1S/C28H24N4O2/c29-19-24-18-23(5-6-27(24)34-25-10-15-33-16-11-25)26-9-14-31-28(32-26)17-20-1-3-21(4-2-20)22-7-12-30-13-8-22/h1-9,12-14,18,25H,10-11,15-17H2. The Morgan fingerprint density at radius 3 is 2.38 bits per heavy atom. The maximum atomic E-state index is 9.68. The van der Waals surface area contributed by atoms with E-state index in [2.05, 4.69) is 40.3 Å². The second kappa shape index (κ2) is 10.2. The molecule has 0 saturated carbocycles. The smallest absolute Gasteiger partial charge is 0.137 e. The highest BCUT2D eigenvalue weighted by Gasteiger charge is 2.17. The molecular formula is C28H24N4O2. The summed E-state index contributed by atoms with van der Waals surface area (Å²) in [6.07, 6.45) is 7.74. The lowest BCUT2D eigenvalue weighted by Crippen LogP contribution is -2.26. The van der Waals surface area contributed by atoms with Crippen molar-refractivity contribution >= 4 is 0 Å². The summed E-state index contributed by atoms with van der Waals surface area (Å²) in [6.45, 7) is 1.39. The molecule has 0 radical (unpaired) electrons. The molecule has 5 rings (SSSR count). The molecule has 0 N–H and O–H groups in total. The Hall–Kier alpha value is -4.08. The summed E-state index contributed by atoms with van der Waals surface area (Å²) in [5, 5.41) is 9.68. The lowest BCUT2D eigenvalue weighted by Gasteiger charge is -2.23. The Balaban J connectivity index is 1.32. The highest BCUT2D eigenvalue weighted by atomic mass is 16.5. The normalized spacial score (nSPS) is 13.9. The van der Waals surface area contributed by atoms with Gasteiger partial charge in [-0.05, 0) is 53.1 Å². The molecule has 3 heterocycles. The van der Waals surface area contributed by atoms with Crippen molar-refractivity contribution in [1.82, 2.24) is 15.0 Å². The Bertz CT molecular complexity index is 1290. The van der Waals surface area contributed by atoms with Gasteiger partial charge in [0.1, 0.15) is 23.7 Å². The molecule has 0 atom stereocenters. The van der Waals surface area contributed by atoms with Crippen molar-refractivity contribution in [3.05, 3.63) is 96.2 Å². The first-order valence-corrected chi connectivity index (χ1v) is 11.4. The van der Waals surface area contributed by atoms with Gasteiger partial charge in [-0.15, -0.1) is 0 Å². The molecular weight excluding hydrogens is 424 g/mol. The predicted molar refractivity (Wildman–Crippen MR) is 129 cm³/mol. The molecule has 0 unspecified atom stereocenters. The third kappa shape index (κ3) is 5.11. The van der Waals surface area contributed by atoms with Crippen LogP contribution in [0.5, 0.6) is 5.75 Å². The summed E-state index contributed by atoms with van der Waals surface area (Å²) in [7, 11) is 0. The first kappa shape index (κ1) is 21.7. The summed E-state index contributed by atoms with van der Waals surface area (Å²) in [5.74, 6) is 1.34. The lowest BCUT2D eigenvalue weighted by molar-refractivity contribution is 0.0254. The molecule has 0 bridgehead atoms. The van der Waals surface area contributed by atoms with E-state index in [1.54, 1.807) is 18.6 Å². The van der Waals surface area contributed by atoms with Gasteiger partial charge in [0.2, 0.25) is 0 Å². The molecule has 0 amide bonds. The molecule has 1 aliphatic heterocycles. The largest absolute Gasteiger partial charge is 0.489 e. The Kier molecular flexibility index (Phi) is 6.55. The van der Waals surface area contributed by atoms with E-state index in [4.69, 9.17) is 14.5 Å². The van der Waals surface area contributed by atoms with Crippen LogP contribution in [0, 0.1) is 11.3 Å². The van der Waals surface area contributed by atoms with Crippen LogP contribution in [0.15, 0.2) is 79.3 Å². The summed E-state index contributed by atoms with van der Waals surface area (Å²) in [6, 6.07) is 22.2. The summed E-state index contributed by atoms with van der Waals surface area (Å²) in [4.78, 5) is 13.3. The number of hydrogen-bond donors (Lipinski definition) is 0. The second-order valence-corrected chi connectivity index (χ2v) is 8.22. The highest BCUT2D eigenvalue weighted by Crippen LogP contribution is 2.28. The molecule has 34 heavy (non-hydrogen) atoms. The van der Waals surface area contributed by atoms with Gasteiger partial charge in [-0.2, -0.15) is 5.26 Å². The fraction of sp³-hybridized carbons (Fsp3) is 0.214. The molecule has 2 aromatic carbocycles. The maximum absolute atomic E-state index is 9.68. The zero-order valence-electron chi connectivity index (χ0n) is 18.7. The minimum Gasteiger partial charge on any atom is -0.489 e. The van der Waals surface area contributed by atoms with E-state index in [-0.39, 0.29) is 6.10 Å². The fourth-order valence-corrected chi connectivity index (χ4v) is 4.04. The molecule has 0 spiro atoms. The number of hydrogen-bond acceptors (Lipinski definition) is 6. The predicted octanol–water partition coefficient (Wildman–Crippen LogP) is 5.23. The van der Waals surface area contributed by atoms with Crippen molar-refractivity contribution in [2.45, 2.75) is 25.4 Å². The van der Waals surface area contributed by atoms with Crippen LogP contribution < -0.4 is 4.74 Å². The number of aromatic nitrogens is 3. The van der Waals surface area contributed by atoms with Gasteiger partial charge < -0.3 is 9.47 Å². The molecule has 1 aliphatic rings. The minimum absolute atomic E-state index is 0.0855. The highest BCUT2D eigenvalue weighted by molar-refractivity contribution is 5.64. The van der Waals surface area contributed by atoms with Gasteiger partial charge in [-0.3, -0.25) is 4.98 Å². The molecule has 168 valence electrons. The van der Waals surface area contributed by atoms with Crippen LogP contribution in [-0.4, -0.2) is 34.3 Å². The zero-order valence-corrected chi connectivity index (χ0v) is 18.7. The molecule has 6 heteroatoms. The zero-order chi connectivity index (χ0) is 23.2. The van der Waals surface area contributed by atoms with Gasteiger partial charge in [0.05, 0.1) is 24.5 Å². The molecule has 2 aromatic heterocycles. The lowest BCUT2D eigenvalue weighted by atomic mass is 10.0. The van der Waals surface area contributed by atoms with Crippen LogP contribution in [0.2, 0.25) is 0 Å². The second-order valence-electron chi connectivity index (χ2n) is 8.22. The van der Waals surface area contributed by atoms with E-state index >= 15 is 0 Å². The number of benzene rings is 2. The van der Waals surface area contributed by atoms with Crippen molar-refractivity contribution in [3.8, 4) is 34.2 Å². The molecule has 4 aromatic rings. The van der Waals surface area contributed by atoms with Gasteiger partial charge in [-0.1, -0.05) is 24.3 Å². The number of rotatable bonds is 6. The first-order chi connectivity index (χ1) is 16.8. The van der Waals surface area contributed by atoms with Crippen molar-refractivity contribution in [1.29, 1.82) is 5.26 Å². The van der Waals surface area contributed by atoms with Crippen LogP contribution in [0.25, 0.3) is 22.4 Å².